The van der Waals surface area contributed by atoms with Crippen LogP contribution in [0, 0.1) is 0 Å². The standard InChI is InChI=1S/C17H16N2O4/c1-4-13-6-10-5-11(7-14(21-2)15(10)23-13)16-18-8-12(9-19-16)17(20)22-3/h5-9H,4H2,1-3H3. The largest absolute Gasteiger partial charge is 0.493 e. The SMILES string of the molecule is CCc1cc2cc(-c3ncc(C(=O)OC)cn3)cc(OC)c2o1. The fourth-order valence-corrected chi connectivity index (χ4v) is 2.33. The number of carbonyl (C=O) groups is 1. The first-order chi connectivity index (χ1) is 11.2. The van der Waals surface area contributed by atoms with Crippen LogP contribution in [-0.4, -0.2) is 30.2 Å². The molecule has 0 N–H and O–H groups in total. The fourth-order valence-electron chi connectivity index (χ4n) is 2.33. The van der Waals surface area contributed by atoms with Crippen molar-refractivity contribution in [3.8, 4) is 17.1 Å². The molecule has 1 aromatic carbocycles. The molecule has 3 aromatic rings. The predicted molar refractivity (Wildman–Crippen MR) is 84.5 cm³/mol. The Balaban J connectivity index is 2.07. The minimum absolute atomic E-state index is 0.306. The number of benzene rings is 1. The van der Waals surface area contributed by atoms with Gasteiger partial charge in [-0.1, -0.05) is 6.92 Å². The van der Waals surface area contributed by atoms with Crippen molar-refractivity contribution in [1.29, 1.82) is 0 Å². The Bertz CT molecular complexity index is 853. The molecule has 0 fully saturated rings. The number of esters is 1. The number of methoxy groups -OCH3 is 2. The molecular formula is C17H16N2O4. The van der Waals surface area contributed by atoms with Gasteiger partial charge >= 0.3 is 5.97 Å². The Labute approximate surface area is 133 Å². The van der Waals surface area contributed by atoms with Crippen molar-refractivity contribution in [3.05, 3.63) is 41.9 Å². The van der Waals surface area contributed by atoms with E-state index in [4.69, 9.17) is 9.15 Å². The Morgan fingerprint density at radius 2 is 1.91 bits per heavy atom. The summed E-state index contributed by atoms with van der Waals surface area (Å²) in [5.74, 6) is 1.54. The van der Waals surface area contributed by atoms with Crippen LogP contribution in [0.1, 0.15) is 23.0 Å². The zero-order valence-corrected chi connectivity index (χ0v) is 13.1. The average molecular weight is 312 g/mol. The van der Waals surface area contributed by atoms with E-state index in [1.54, 1.807) is 7.11 Å². The molecule has 118 valence electrons. The highest BCUT2D eigenvalue weighted by Crippen LogP contribution is 2.33. The number of hydrogen-bond acceptors (Lipinski definition) is 6. The maximum absolute atomic E-state index is 11.4. The van der Waals surface area contributed by atoms with E-state index in [0.29, 0.717) is 22.7 Å². The second-order valence-electron chi connectivity index (χ2n) is 4.95. The third-order valence-electron chi connectivity index (χ3n) is 3.53. The van der Waals surface area contributed by atoms with Crippen LogP contribution in [-0.2, 0) is 11.2 Å². The monoisotopic (exact) mass is 312 g/mol. The van der Waals surface area contributed by atoms with Crippen molar-refractivity contribution in [2.45, 2.75) is 13.3 Å². The maximum atomic E-state index is 11.4. The highest BCUT2D eigenvalue weighted by Gasteiger charge is 2.14. The predicted octanol–water partition coefficient (Wildman–Crippen LogP) is 3.25. The zero-order valence-electron chi connectivity index (χ0n) is 13.1. The molecule has 23 heavy (non-hydrogen) atoms. The van der Waals surface area contributed by atoms with Crippen LogP contribution >= 0.6 is 0 Å². The highest BCUT2D eigenvalue weighted by molar-refractivity contribution is 5.90. The van der Waals surface area contributed by atoms with Crippen LogP contribution in [0.3, 0.4) is 0 Å². The van der Waals surface area contributed by atoms with Crippen LogP contribution in [0.25, 0.3) is 22.4 Å². The molecule has 2 heterocycles. The Kier molecular flexibility index (Phi) is 3.97. The first-order valence-corrected chi connectivity index (χ1v) is 7.17. The van der Waals surface area contributed by atoms with Gasteiger partial charge in [0.25, 0.3) is 0 Å². The normalized spacial score (nSPS) is 10.7. The van der Waals surface area contributed by atoms with E-state index < -0.39 is 5.97 Å². The van der Waals surface area contributed by atoms with Crippen molar-refractivity contribution < 1.29 is 18.7 Å². The number of aromatic nitrogens is 2. The molecule has 0 aliphatic carbocycles. The van der Waals surface area contributed by atoms with Crippen LogP contribution in [0.15, 0.2) is 35.0 Å². The number of aryl methyl sites for hydroxylation is 1. The number of nitrogens with zero attached hydrogens (tertiary/aromatic N) is 2. The summed E-state index contributed by atoms with van der Waals surface area (Å²) in [6.07, 6.45) is 3.69. The van der Waals surface area contributed by atoms with Crippen LogP contribution in [0.4, 0.5) is 0 Å². The van der Waals surface area contributed by atoms with Crippen molar-refractivity contribution in [1.82, 2.24) is 9.97 Å². The van der Waals surface area contributed by atoms with E-state index in [-0.39, 0.29) is 0 Å². The molecule has 0 aliphatic heterocycles. The summed E-state index contributed by atoms with van der Waals surface area (Å²) in [6.45, 7) is 2.03. The van der Waals surface area contributed by atoms with Gasteiger partial charge in [-0.25, -0.2) is 14.8 Å². The van der Waals surface area contributed by atoms with Gasteiger partial charge in [0.1, 0.15) is 5.76 Å². The second-order valence-corrected chi connectivity index (χ2v) is 4.95. The number of carbonyl (C=O) groups excluding carboxylic acids is 1. The number of ether oxygens (including phenoxy) is 2. The first kappa shape index (κ1) is 15.0. The first-order valence-electron chi connectivity index (χ1n) is 7.17. The molecule has 2 aromatic heterocycles. The maximum Gasteiger partial charge on any atom is 0.341 e. The third-order valence-corrected chi connectivity index (χ3v) is 3.53. The van der Waals surface area contributed by atoms with Gasteiger partial charge < -0.3 is 13.9 Å². The minimum Gasteiger partial charge on any atom is -0.493 e. The molecule has 6 nitrogen and oxygen atoms in total. The zero-order chi connectivity index (χ0) is 16.4. The van der Waals surface area contributed by atoms with Gasteiger partial charge in [-0.15, -0.1) is 0 Å². The lowest BCUT2D eigenvalue weighted by molar-refractivity contribution is 0.0600. The highest BCUT2D eigenvalue weighted by atomic mass is 16.5. The van der Waals surface area contributed by atoms with Gasteiger partial charge in [-0.05, 0) is 18.2 Å². The molecule has 0 aliphatic rings. The molecule has 0 bridgehead atoms. The molecule has 0 atom stereocenters. The number of furan rings is 1. The van der Waals surface area contributed by atoms with E-state index in [1.165, 1.54) is 19.5 Å². The van der Waals surface area contributed by atoms with Gasteiger partial charge in [0, 0.05) is 29.8 Å². The summed E-state index contributed by atoms with van der Waals surface area (Å²) in [7, 11) is 2.91. The van der Waals surface area contributed by atoms with E-state index in [2.05, 4.69) is 14.7 Å². The lowest BCUT2D eigenvalue weighted by atomic mass is 10.1. The van der Waals surface area contributed by atoms with Crippen molar-refractivity contribution in [2.75, 3.05) is 14.2 Å². The molecule has 0 amide bonds. The Morgan fingerprint density at radius 3 is 2.52 bits per heavy atom. The second kappa shape index (κ2) is 6.08. The summed E-state index contributed by atoms with van der Waals surface area (Å²) in [4.78, 5) is 19.9. The molecule has 0 radical (unpaired) electrons. The molecule has 3 rings (SSSR count). The van der Waals surface area contributed by atoms with Crippen molar-refractivity contribution in [2.24, 2.45) is 0 Å². The van der Waals surface area contributed by atoms with Gasteiger partial charge in [-0.2, -0.15) is 0 Å². The molecule has 6 heteroatoms. The number of rotatable bonds is 4. The molecule has 0 spiro atoms. The fraction of sp³-hybridized carbons (Fsp3) is 0.235. The summed E-state index contributed by atoms with van der Waals surface area (Å²) >= 11 is 0. The van der Waals surface area contributed by atoms with Gasteiger partial charge in [0.15, 0.2) is 17.2 Å². The summed E-state index contributed by atoms with van der Waals surface area (Å²) in [5.41, 5.74) is 1.80. The van der Waals surface area contributed by atoms with Gasteiger partial charge in [0.2, 0.25) is 0 Å². The lowest BCUT2D eigenvalue weighted by Gasteiger charge is -2.05. The molecule has 0 unspecified atom stereocenters. The van der Waals surface area contributed by atoms with Gasteiger partial charge in [-0.3, -0.25) is 0 Å². The van der Waals surface area contributed by atoms with Crippen molar-refractivity contribution in [3.63, 3.8) is 0 Å². The summed E-state index contributed by atoms with van der Waals surface area (Å²) in [6, 6.07) is 5.73. The van der Waals surface area contributed by atoms with Crippen molar-refractivity contribution >= 4 is 16.9 Å². The average Bonchev–Trinajstić information content (AvgIpc) is 3.03. The van der Waals surface area contributed by atoms with E-state index in [0.717, 1.165) is 23.1 Å². The summed E-state index contributed by atoms with van der Waals surface area (Å²) in [5, 5.41) is 0.928. The Morgan fingerprint density at radius 1 is 1.17 bits per heavy atom. The molecule has 0 saturated carbocycles. The summed E-state index contributed by atoms with van der Waals surface area (Å²) < 4.78 is 15.8. The Hall–Kier alpha value is -2.89. The van der Waals surface area contributed by atoms with E-state index in [9.17, 15) is 4.79 Å². The van der Waals surface area contributed by atoms with Gasteiger partial charge in [0.05, 0.1) is 19.8 Å². The van der Waals surface area contributed by atoms with E-state index in [1.807, 2.05) is 25.1 Å². The minimum atomic E-state index is -0.466. The smallest absolute Gasteiger partial charge is 0.341 e. The lowest BCUT2D eigenvalue weighted by Crippen LogP contribution is -2.03. The quantitative estimate of drug-likeness (QED) is 0.688. The van der Waals surface area contributed by atoms with Crippen LogP contribution < -0.4 is 4.74 Å². The van der Waals surface area contributed by atoms with Crippen LogP contribution in [0.2, 0.25) is 0 Å². The van der Waals surface area contributed by atoms with E-state index >= 15 is 0 Å². The van der Waals surface area contributed by atoms with Crippen LogP contribution in [0.5, 0.6) is 5.75 Å². The number of hydrogen-bond donors (Lipinski definition) is 0. The molecule has 0 saturated heterocycles. The topological polar surface area (TPSA) is 74.5 Å². The molecular weight excluding hydrogens is 296 g/mol. The number of fused-ring (bicyclic) bond motifs is 1. The third kappa shape index (κ3) is 2.75.